The average Bonchev–Trinajstić information content (AvgIpc) is 2.84. The van der Waals surface area contributed by atoms with Gasteiger partial charge in [0.05, 0.1) is 0 Å². The van der Waals surface area contributed by atoms with Crippen LogP contribution >= 0.6 is 0 Å². The van der Waals surface area contributed by atoms with Gasteiger partial charge in [0, 0.05) is 18.6 Å². The molecule has 2 bridgehead atoms. The van der Waals surface area contributed by atoms with Crippen molar-refractivity contribution < 1.29 is 0 Å². The highest BCUT2D eigenvalue weighted by Gasteiger charge is 2.36. The van der Waals surface area contributed by atoms with E-state index in [1.807, 2.05) is 6.08 Å². The molecule has 2 atom stereocenters. The Labute approximate surface area is 139 Å². The fourth-order valence-electron chi connectivity index (χ4n) is 4.13. The molecule has 116 valence electrons. The highest BCUT2D eigenvalue weighted by atomic mass is 15.2. The molecule has 2 heterocycles. The van der Waals surface area contributed by atoms with E-state index in [4.69, 9.17) is 0 Å². The molecule has 0 N–H and O–H groups in total. The van der Waals surface area contributed by atoms with Crippen molar-refractivity contribution >= 4 is 11.6 Å². The van der Waals surface area contributed by atoms with Gasteiger partial charge in [0.2, 0.25) is 0 Å². The molecule has 1 fully saturated rings. The van der Waals surface area contributed by atoms with E-state index in [1.165, 1.54) is 35.1 Å². The van der Waals surface area contributed by atoms with Crippen LogP contribution < -0.4 is 0 Å². The first kappa shape index (κ1) is 14.5. The first-order valence-corrected chi connectivity index (χ1v) is 8.57. The molecule has 1 saturated heterocycles. The van der Waals surface area contributed by atoms with Crippen LogP contribution in [-0.4, -0.2) is 17.0 Å². The zero-order chi connectivity index (χ0) is 15.6. The summed E-state index contributed by atoms with van der Waals surface area (Å²) in [4.78, 5) is 2.69. The molecule has 2 aromatic rings. The second kappa shape index (κ2) is 6.17. The summed E-state index contributed by atoms with van der Waals surface area (Å²) in [6.45, 7) is 5.05. The lowest BCUT2D eigenvalue weighted by atomic mass is 9.91. The molecule has 0 radical (unpaired) electrons. The summed E-state index contributed by atoms with van der Waals surface area (Å²) in [5.74, 6) is 0. The number of benzene rings is 2. The SMILES string of the molecule is C=Cc1ccccc1C1=CC2CCC(C1)N2Cc1ccccc1. The van der Waals surface area contributed by atoms with Gasteiger partial charge in [0.1, 0.15) is 0 Å². The van der Waals surface area contributed by atoms with Crippen molar-refractivity contribution in [3.05, 3.63) is 83.9 Å². The lowest BCUT2D eigenvalue weighted by molar-refractivity contribution is 0.203. The molecule has 0 saturated carbocycles. The van der Waals surface area contributed by atoms with Crippen molar-refractivity contribution in [3.63, 3.8) is 0 Å². The molecule has 2 unspecified atom stereocenters. The fourth-order valence-corrected chi connectivity index (χ4v) is 4.13. The van der Waals surface area contributed by atoms with Crippen molar-refractivity contribution in [2.24, 2.45) is 0 Å². The molecule has 0 spiro atoms. The third-order valence-electron chi connectivity index (χ3n) is 5.27. The van der Waals surface area contributed by atoms with Gasteiger partial charge >= 0.3 is 0 Å². The van der Waals surface area contributed by atoms with Crippen LogP contribution in [0.2, 0.25) is 0 Å². The van der Waals surface area contributed by atoms with Gasteiger partial charge < -0.3 is 0 Å². The largest absolute Gasteiger partial charge is 0.289 e. The molecular formula is C22H23N. The number of rotatable bonds is 4. The van der Waals surface area contributed by atoms with Crippen LogP contribution in [0.1, 0.15) is 36.0 Å². The van der Waals surface area contributed by atoms with Gasteiger partial charge in [0.15, 0.2) is 0 Å². The number of hydrogen-bond acceptors (Lipinski definition) is 1. The third-order valence-corrected chi connectivity index (χ3v) is 5.27. The van der Waals surface area contributed by atoms with Gasteiger partial charge in [-0.05, 0) is 41.5 Å². The number of hydrogen-bond donors (Lipinski definition) is 0. The van der Waals surface area contributed by atoms with Crippen LogP contribution in [0, 0.1) is 0 Å². The van der Waals surface area contributed by atoms with Gasteiger partial charge in [-0.3, -0.25) is 4.90 Å². The first-order valence-electron chi connectivity index (χ1n) is 8.57. The van der Waals surface area contributed by atoms with Gasteiger partial charge in [0.25, 0.3) is 0 Å². The molecule has 0 aromatic heterocycles. The summed E-state index contributed by atoms with van der Waals surface area (Å²) in [6, 6.07) is 20.8. The summed E-state index contributed by atoms with van der Waals surface area (Å²) in [5.41, 5.74) is 5.57. The Morgan fingerprint density at radius 1 is 1.00 bits per heavy atom. The Bertz CT molecular complexity index is 729. The van der Waals surface area contributed by atoms with Crippen molar-refractivity contribution in [3.8, 4) is 0 Å². The molecule has 2 aliphatic rings. The maximum Gasteiger partial charge on any atom is 0.0291 e. The molecule has 4 rings (SSSR count). The quantitative estimate of drug-likeness (QED) is 0.755. The molecule has 0 amide bonds. The lowest BCUT2D eigenvalue weighted by Crippen LogP contribution is -2.37. The van der Waals surface area contributed by atoms with Crippen molar-refractivity contribution in [2.75, 3.05) is 0 Å². The van der Waals surface area contributed by atoms with Crippen molar-refractivity contribution in [1.29, 1.82) is 0 Å². The summed E-state index contributed by atoms with van der Waals surface area (Å²) in [6.07, 6.45) is 8.25. The highest BCUT2D eigenvalue weighted by molar-refractivity contribution is 5.75. The maximum absolute atomic E-state index is 3.97. The Morgan fingerprint density at radius 2 is 1.78 bits per heavy atom. The zero-order valence-electron chi connectivity index (χ0n) is 13.5. The van der Waals surface area contributed by atoms with Crippen LogP contribution in [0.4, 0.5) is 0 Å². The highest BCUT2D eigenvalue weighted by Crippen LogP contribution is 2.40. The molecule has 2 aromatic carbocycles. The Balaban J connectivity index is 1.61. The zero-order valence-corrected chi connectivity index (χ0v) is 13.5. The summed E-state index contributed by atoms with van der Waals surface area (Å²) in [7, 11) is 0. The van der Waals surface area contributed by atoms with Crippen LogP contribution in [0.5, 0.6) is 0 Å². The molecular weight excluding hydrogens is 278 g/mol. The predicted octanol–water partition coefficient (Wildman–Crippen LogP) is 5.15. The van der Waals surface area contributed by atoms with Crippen molar-refractivity contribution in [1.82, 2.24) is 4.90 Å². The first-order chi connectivity index (χ1) is 11.3. The molecule has 0 aliphatic carbocycles. The number of fused-ring (bicyclic) bond motifs is 2. The Kier molecular flexibility index (Phi) is 3.88. The van der Waals surface area contributed by atoms with Crippen LogP contribution in [0.15, 0.2) is 67.3 Å². The van der Waals surface area contributed by atoms with E-state index in [1.54, 1.807) is 0 Å². The summed E-state index contributed by atoms with van der Waals surface area (Å²) >= 11 is 0. The molecule has 1 nitrogen and oxygen atoms in total. The van der Waals surface area contributed by atoms with E-state index >= 15 is 0 Å². The summed E-state index contributed by atoms with van der Waals surface area (Å²) in [5, 5.41) is 0. The molecule has 1 heteroatoms. The average molecular weight is 301 g/mol. The second-order valence-electron chi connectivity index (χ2n) is 6.64. The van der Waals surface area contributed by atoms with E-state index < -0.39 is 0 Å². The topological polar surface area (TPSA) is 3.24 Å². The molecule has 2 aliphatic heterocycles. The van der Waals surface area contributed by atoms with Gasteiger partial charge in [-0.2, -0.15) is 0 Å². The van der Waals surface area contributed by atoms with Gasteiger partial charge in [-0.15, -0.1) is 0 Å². The van der Waals surface area contributed by atoms with Crippen LogP contribution in [-0.2, 0) is 6.54 Å². The van der Waals surface area contributed by atoms with Crippen LogP contribution in [0.25, 0.3) is 11.6 Å². The normalized spacial score (nSPS) is 23.6. The lowest BCUT2D eigenvalue weighted by Gasteiger charge is -2.34. The standard InChI is InChI=1S/C22H23N/c1-2-18-10-6-7-11-22(18)19-14-20-12-13-21(15-19)23(20)16-17-8-4-3-5-9-17/h2-11,14,20-21H,1,12-13,15-16H2. The minimum absolute atomic E-state index is 0.585. The minimum atomic E-state index is 0.585. The van der Waals surface area contributed by atoms with E-state index in [2.05, 4.69) is 72.2 Å². The smallest absolute Gasteiger partial charge is 0.0291 e. The maximum atomic E-state index is 3.97. The minimum Gasteiger partial charge on any atom is -0.289 e. The fraction of sp³-hybridized carbons (Fsp3) is 0.273. The van der Waals surface area contributed by atoms with E-state index in [9.17, 15) is 0 Å². The van der Waals surface area contributed by atoms with Crippen LogP contribution in [0.3, 0.4) is 0 Å². The van der Waals surface area contributed by atoms with Gasteiger partial charge in [-0.25, -0.2) is 0 Å². The monoisotopic (exact) mass is 301 g/mol. The van der Waals surface area contributed by atoms with Gasteiger partial charge in [-0.1, -0.05) is 73.3 Å². The van der Waals surface area contributed by atoms with Crippen molar-refractivity contribution in [2.45, 2.75) is 37.9 Å². The summed E-state index contributed by atoms with van der Waals surface area (Å²) < 4.78 is 0. The Hall–Kier alpha value is -2.12. The number of nitrogens with zero attached hydrogens (tertiary/aromatic N) is 1. The second-order valence-corrected chi connectivity index (χ2v) is 6.64. The van der Waals surface area contributed by atoms with E-state index in [0.29, 0.717) is 12.1 Å². The molecule has 23 heavy (non-hydrogen) atoms. The predicted molar refractivity (Wildman–Crippen MR) is 97.9 cm³/mol. The van der Waals surface area contributed by atoms with E-state index in [-0.39, 0.29) is 0 Å². The van der Waals surface area contributed by atoms with E-state index in [0.717, 1.165) is 13.0 Å². The third kappa shape index (κ3) is 2.77. The Morgan fingerprint density at radius 3 is 2.57 bits per heavy atom.